The van der Waals surface area contributed by atoms with Crippen LogP contribution in [-0.4, -0.2) is 52.6 Å². The van der Waals surface area contributed by atoms with Gasteiger partial charge in [0.25, 0.3) is 0 Å². The Kier molecular flexibility index (Phi) is 5.34. The molecule has 6 nitrogen and oxygen atoms in total. The largest absolute Gasteiger partial charge is 0.481 e. The fraction of sp³-hybridized carbons (Fsp3) is 0.538. The lowest BCUT2D eigenvalue weighted by Gasteiger charge is -2.34. The summed E-state index contributed by atoms with van der Waals surface area (Å²) in [5.74, 6) is 1.48. The van der Waals surface area contributed by atoms with Gasteiger partial charge in [-0.2, -0.15) is 11.8 Å². The molecule has 1 atom stereocenters. The number of hydrogen-bond donors (Lipinski definition) is 2. The van der Waals surface area contributed by atoms with Crippen molar-refractivity contribution in [1.82, 2.24) is 10.2 Å². The smallest absolute Gasteiger partial charge is 0.317 e. The third kappa shape index (κ3) is 4.19. The van der Waals surface area contributed by atoms with E-state index in [0.717, 1.165) is 11.5 Å². The van der Waals surface area contributed by atoms with Crippen LogP contribution < -0.4 is 5.32 Å². The fourth-order valence-corrected chi connectivity index (χ4v) is 3.20. The first-order valence-electron chi connectivity index (χ1n) is 6.53. The summed E-state index contributed by atoms with van der Waals surface area (Å²) in [6, 6.07) is 3.25. The molecule has 0 bridgehead atoms. The lowest BCUT2D eigenvalue weighted by Crippen LogP contribution is -2.51. The lowest BCUT2D eigenvalue weighted by molar-refractivity contribution is -0.137. The summed E-state index contributed by atoms with van der Waals surface area (Å²) in [5.41, 5.74) is 0. The number of furan rings is 1. The SMILES string of the molecule is O=C(O)CC1CSCCN1C(=O)NCCc1ccco1. The summed E-state index contributed by atoms with van der Waals surface area (Å²) in [6.45, 7) is 1.07. The maximum Gasteiger partial charge on any atom is 0.317 e. The van der Waals surface area contributed by atoms with Gasteiger partial charge in [-0.25, -0.2) is 4.79 Å². The van der Waals surface area contributed by atoms with Crippen molar-refractivity contribution in [3.63, 3.8) is 0 Å². The number of thioether (sulfide) groups is 1. The summed E-state index contributed by atoms with van der Waals surface area (Å²) in [4.78, 5) is 24.6. The summed E-state index contributed by atoms with van der Waals surface area (Å²) in [7, 11) is 0. The van der Waals surface area contributed by atoms with Gasteiger partial charge >= 0.3 is 12.0 Å². The van der Waals surface area contributed by atoms with Crippen LogP contribution in [0.4, 0.5) is 4.79 Å². The maximum atomic E-state index is 12.1. The number of amides is 2. The van der Waals surface area contributed by atoms with Crippen LogP contribution in [0.15, 0.2) is 22.8 Å². The number of carbonyl (C=O) groups is 2. The van der Waals surface area contributed by atoms with E-state index in [0.29, 0.717) is 25.3 Å². The van der Waals surface area contributed by atoms with E-state index in [1.54, 1.807) is 22.9 Å². The van der Waals surface area contributed by atoms with Gasteiger partial charge in [0.15, 0.2) is 0 Å². The van der Waals surface area contributed by atoms with Crippen molar-refractivity contribution in [1.29, 1.82) is 0 Å². The van der Waals surface area contributed by atoms with E-state index in [9.17, 15) is 9.59 Å². The van der Waals surface area contributed by atoms with Crippen LogP contribution in [0, 0.1) is 0 Å². The van der Waals surface area contributed by atoms with Crippen LogP contribution >= 0.6 is 11.8 Å². The van der Waals surface area contributed by atoms with Gasteiger partial charge in [-0.05, 0) is 12.1 Å². The number of carboxylic acids is 1. The number of nitrogens with one attached hydrogen (secondary N) is 1. The molecular formula is C13H18N2O4S. The van der Waals surface area contributed by atoms with Gasteiger partial charge in [-0.1, -0.05) is 0 Å². The molecular weight excluding hydrogens is 280 g/mol. The number of urea groups is 1. The quantitative estimate of drug-likeness (QED) is 0.859. The van der Waals surface area contributed by atoms with Gasteiger partial charge in [0.05, 0.1) is 18.7 Å². The maximum absolute atomic E-state index is 12.1. The van der Waals surface area contributed by atoms with Crippen molar-refractivity contribution in [2.75, 3.05) is 24.6 Å². The fourth-order valence-electron chi connectivity index (χ4n) is 2.14. The molecule has 2 N–H and O–H groups in total. The highest BCUT2D eigenvalue weighted by Gasteiger charge is 2.28. The zero-order valence-electron chi connectivity index (χ0n) is 11.1. The average molecular weight is 298 g/mol. The Morgan fingerprint density at radius 3 is 3.10 bits per heavy atom. The Morgan fingerprint density at radius 2 is 2.40 bits per heavy atom. The number of nitrogens with zero attached hydrogens (tertiary/aromatic N) is 1. The van der Waals surface area contributed by atoms with E-state index in [-0.39, 0.29) is 18.5 Å². The summed E-state index contributed by atoms with van der Waals surface area (Å²) < 4.78 is 5.19. The highest BCUT2D eigenvalue weighted by Crippen LogP contribution is 2.19. The second-order valence-corrected chi connectivity index (χ2v) is 5.73. The minimum Gasteiger partial charge on any atom is -0.481 e. The first-order chi connectivity index (χ1) is 9.66. The summed E-state index contributed by atoms with van der Waals surface area (Å²) in [6.07, 6.45) is 2.23. The molecule has 2 heterocycles. The van der Waals surface area contributed by atoms with Crippen LogP contribution in [-0.2, 0) is 11.2 Å². The second-order valence-electron chi connectivity index (χ2n) is 4.58. The summed E-state index contributed by atoms with van der Waals surface area (Å²) >= 11 is 1.69. The third-order valence-corrected chi connectivity index (χ3v) is 4.22. The number of rotatable bonds is 5. The zero-order chi connectivity index (χ0) is 14.4. The Morgan fingerprint density at radius 1 is 1.55 bits per heavy atom. The molecule has 1 aromatic rings. The zero-order valence-corrected chi connectivity index (χ0v) is 11.9. The van der Waals surface area contributed by atoms with Crippen molar-refractivity contribution in [3.8, 4) is 0 Å². The number of carboxylic acid groups (broad SMARTS) is 1. The van der Waals surface area contributed by atoms with Crippen LogP contribution in [0.2, 0.25) is 0 Å². The van der Waals surface area contributed by atoms with Gasteiger partial charge < -0.3 is 19.7 Å². The molecule has 0 radical (unpaired) electrons. The molecule has 7 heteroatoms. The Labute approximate surface area is 121 Å². The highest BCUT2D eigenvalue weighted by molar-refractivity contribution is 7.99. The van der Waals surface area contributed by atoms with Gasteiger partial charge in [-0.15, -0.1) is 0 Å². The average Bonchev–Trinajstić information content (AvgIpc) is 2.91. The molecule has 1 aliphatic rings. The molecule has 2 amide bonds. The Balaban J connectivity index is 1.81. The minimum absolute atomic E-state index is 0.00139. The van der Waals surface area contributed by atoms with Crippen molar-refractivity contribution in [2.45, 2.75) is 18.9 Å². The number of carbonyl (C=O) groups excluding carboxylic acids is 1. The standard InChI is InChI=1S/C13H18N2O4S/c16-12(17)8-10-9-20-7-5-15(10)13(18)14-4-3-11-2-1-6-19-11/h1-2,6,10H,3-5,7-9H2,(H,14,18)(H,16,17). The van der Waals surface area contributed by atoms with Crippen molar-refractivity contribution in [3.05, 3.63) is 24.2 Å². The van der Waals surface area contributed by atoms with Gasteiger partial charge in [0, 0.05) is 31.0 Å². The van der Waals surface area contributed by atoms with Gasteiger partial charge in [0.2, 0.25) is 0 Å². The predicted octanol–water partition coefficient (Wildman–Crippen LogP) is 1.42. The van der Waals surface area contributed by atoms with E-state index in [4.69, 9.17) is 9.52 Å². The normalized spacial score (nSPS) is 18.8. The molecule has 1 aromatic heterocycles. The van der Waals surface area contributed by atoms with Crippen LogP contribution in [0.5, 0.6) is 0 Å². The number of aliphatic carboxylic acids is 1. The molecule has 2 rings (SSSR count). The van der Waals surface area contributed by atoms with E-state index >= 15 is 0 Å². The van der Waals surface area contributed by atoms with E-state index in [2.05, 4.69) is 5.32 Å². The molecule has 0 aromatic carbocycles. The number of hydrogen-bond acceptors (Lipinski definition) is 4. The molecule has 110 valence electrons. The Bertz CT molecular complexity index is 449. The summed E-state index contributed by atoms with van der Waals surface area (Å²) in [5, 5.41) is 11.7. The van der Waals surface area contributed by atoms with E-state index in [1.807, 2.05) is 12.1 Å². The third-order valence-electron chi connectivity index (χ3n) is 3.13. The second kappa shape index (κ2) is 7.23. The van der Waals surface area contributed by atoms with Crippen molar-refractivity contribution < 1.29 is 19.1 Å². The van der Waals surface area contributed by atoms with Crippen LogP contribution in [0.1, 0.15) is 12.2 Å². The lowest BCUT2D eigenvalue weighted by atomic mass is 10.2. The molecule has 0 spiro atoms. The highest BCUT2D eigenvalue weighted by atomic mass is 32.2. The van der Waals surface area contributed by atoms with Gasteiger partial charge in [0.1, 0.15) is 5.76 Å². The molecule has 1 saturated heterocycles. The topological polar surface area (TPSA) is 82.8 Å². The molecule has 1 unspecified atom stereocenters. The molecule has 1 fully saturated rings. The first-order valence-corrected chi connectivity index (χ1v) is 7.68. The minimum atomic E-state index is -0.870. The van der Waals surface area contributed by atoms with E-state index in [1.165, 1.54) is 0 Å². The van der Waals surface area contributed by atoms with Gasteiger partial charge in [-0.3, -0.25) is 4.79 Å². The van der Waals surface area contributed by atoms with Crippen LogP contribution in [0.25, 0.3) is 0 Å². The molecule has 0 saturated carbocycles. The molecule has 0 aliphatic carbocycles. The Hall–Kier alpha value is -1.63. The predicted molar refractivity (Wildman–Crippen MR) is 75.9 cm³/mol. The van der Waals surface area contributed by atoms with Crippen molar-refractivity contribution in [2.24, 2.45) is 0 Å². The van der Waals surface area contributed by atoms with E-state index < -0.39 is 5.97 Å². The molecule has 1 aliphatic heterocycles. The molecule has 20 heavy (non-hydrogen) atoms. The van der Waals surface area contributed by atoms with Crippen LogP contribution in [0.3, 0.4) is 0 Å². The van der Waals surface area contributed by atoms with Crippen molar-refractivity contribution >= 4 is 23.8 Å². The first kappa shape index (κ1) is 14.8. The monoisotopic (exact) mass is 298 g/mol.